The van der Waals surface area contributed by atoms with Gasteiger partial charge < -0.3 is 5.73 Å². The highest BCUT2D eigenvalue weighted by molar-refractivity contribution is 7.89. The number of nitrogens with two attached hydrogens (primary N) is 1. The van der Waals surface area contributed by atoms with Gasteiger partial charge in [-0.25, -0.2) is 8.42 Å². The van der Waals surface area contributed by atoms with Crippen molar-refractivity contribution in [1.82, 2.24) is 4.31 Å². The molecular formula is C13H22N2O2S. The van der Waals surface area contributed by atoms with E-state index in [0.29, 0.717) is 11.4 Å². The lowest BCUT2D eigenvalue weighted by molar-refractivity contribution is 0.257. The molecule has 0 bridgehead atoms. The molecule has 0 amide bonds. The summed E-state index contributed by atoms with van der Waals surface area (Å²) < 4.78 is 26.3. The van der Waals surface area contributed by atoms with Gasteiger partial charge in [-0.1, -0.05) is 19.1 Å². The second-order valence-electron chi connectivity index (χ2n) is 4.99. The Hall–Kier alpha value is -0.910. The quantitative estimate of drug-likeness (QED) is 0.889. The summed E-state index contributed by atoms with van der Waals surface area (Å²) in [5.74, 6) is 0. The third-order valence-corrected chi connectivity index (χ3v) is 5.62. The molecule has 0 fully saturated rings. The average Bonchev–Trinajstić information content (AvgIpc) is 2.37. The van der Waals surface area contributed by atoms with Crippen molar-refractivity contribution >= 4 is 10.0 Å². The third-order valence-electron chi connectivity index (χ3n) is 3.54. The zero-order chi connectivity index (χ0) is 14.0. The molecule has 0 spiro atoms. The summed E-state index contributed by atoms with van der Waals surface area (Å²) in [5.41, 5.74) is 6.02. The minimum absolute atomic E-state index is 0.309. The van der Waals surface area contributed by atoms with E-state index < -0.39 is 15.6 Å². The Morgan fingerprint density at radius 2 is 1.72 bits per heavy atom. The first-order chi connectivity index (χ1) is 8.25. The van der Waals surface area contributed by atoms with Gasteiger partial charge in [0.2, 0.25) is 10.0 Å². The molecule has 0 aliphatic rings. The third kappa shape index (κ3) is 2.91. The predicted molar refractivity (Wildman–Crippen MR) is 73.7 cm³/mol. The van der Waals surface area contributed by atoms with Crippen LogP contribution in [-0.4, -0.2) is 25.3 Å². The molecule has 0 atom stereocenters. The van der Waals surface area contributed by atoms with Gasteiger partial charge in [-0.15, -0.1) is 0 Å². The van der Waals surface area contributed by atoms with E-state index in [9.17, 15) is 8.42 Å². The Morgan fingerprint density at radius 1 is 1.22 bits per heavy atom. The molecule has 0 aromatic heterocycles. The minimum Gasteiger partial charge on any atom is -0.326 e. The maximum Gasteiger partial charge on any atom is 0.243 e. The summed E-state index contributed by atoms with van der Waals surface area (Å²) in [4.78, 5) is 0.309. The highest BCUT2D eigenvalue weighted by Crippen LogP contribution is 2.25. The molecule has 102 valence electrons. The normalized spacial score (nSPS) is 13.0. The first-order valence-corrected chi connectivity index (χ1v) is 7.47. The lowest BCUT2D eigenvalue weighted by Gasteiger charge is -2.33. The van der Waals surface area contributed by atoms with Crippen LogP contribution in [0.4, 0.5) is 0 Å². The summed E-state index contributed by atoms with van der Waals surface area (Å²) in [7, 11) is -1.82. The van der Waals surface area contributed by atoms with E-state index >= 15 is 0 Å². The lowest BCUT2D eigenvalue weighted by atomic mass is 10.0. The van der Waals surface area contributed by atoms with Gasteiger partial charge in [-0.3, -0.25) is 0 Å². The first kappa shape index (κ1) is 15.1. The van der Waals surface area contributed by atoms with Crippen molar-refractivity contribution in [1.29, 1.82) is 0 Å². The van der Waals surface area contributed by atoms with E-state index in [0.717, 1.165) is 12.0 Å². The van der Waals surface area contributed by atoms with Gasteiger partial charge in [0.05, 0.1) is 4.90 Å². The standard InChI is InChI=1S/C13H22N2O2S/c1-5-13(2,3)15(4)18(16,17)12-8-6-11(10-14)7-9-12/h6-9H,5,10,14H2,1-4H3. The fourth-order valence-electron chi connectivity index (χ4n) is 1.50. The van der Waals surface area contributed by atoms with Crippen LogP contribution in [0.2, 0.25) is 0 Å². The Balaban J connectivity index is 3.13. The Bertz CT molecular complexity index is 492. The van der Waals surface area contributed by atoms with Crippen molar-refractivity contribution < 1.29 is 8.42 Å². The predicted octanol–water partition coefficient (Wildman–Crippen LogP) is 1.95. The number of sulfonamides is 1. The van der Waals surface area contributed by atoms with Crippen molar-refractivity contribution in [3.8, 4) is 0 Å². The summed E-state index contributed by atoms with van der Waals surface area (Å²) in [6.07, 6.45) is 0.754. The van der Waals surface area contributed by atoms with E-state index in [1.54, 1.807) is 31.3 Å². The Kier molecular flexibility index (Phi) is 4.53. The van der Waals surface area contributed by atoms with Gasteiger partial charge in [0.25, 0.3) is 0 Å². The van der Waals surface area contributed by atoms with Gasteiger partial charge in [-0.2, -0.15) is 4.31 Å². The monoisotopic (exact) mass is 270 g/mol. The second-order valence-corrected chi connectivity index (χ2v) is 6.96. The maximum absolute atomic E-state index is 12.4. The number of hydrogen-bond acceptors (Lipinski definition) is 3. The number of nitrogens with zero attached hydrogens (tertiary/aromatic N) is 1. The average molecular weight is 270 g/mol. The van der Waals surface area contributed by atoms with Crippen LogP contribution < -0.4 is 5.73 Å². The maximum atomic E-state index is 12.4. The molecule has 2 N–H and O–H groups in total. The highest BCUT2D eigenvalue weighted by atomic mass is 32.2. The largest absolute Gasteiger partial charge is 0.326 e. The first-order valence-electron chi connectivity index (χ1n) is 6.03. The van der Waals surface area contributed by atoms with Gasteiger partial charge in [0, 0.05) is 19.1 Å². The van der Waals surface area contributed by atoms with Crippen molar-refractivity contribution in [3.63, 3.8) is 0 Å². The smallest absolute Gasteiger partial charge is 0.243 e. The fourth-order valence-corrected chi connectivity index (χ4v) is 3.08. The molecule has 0 heterocycles. The second kappa shape index (κ2) is 5.38. The Labute approximate surface area is 110 Å². The van der Waals surface area contributed by atoms with Crippen LogP contribution in [0, 0.1) is 0 Å². The van der Waals surface area contributed by atoms with Crippen LogP contribution in [0.1, 0.15) is 32.8 Å². The van der Waals surface area contributed by atoms with Crippen LogP contribution in [0.5, 0.6) is 0 Å². The SMILES string of the molecule is CCC(C)(C)N(C)S(=O)(=O)c1ccc(CN)cc1. The van der Waals surface area contributed by atoms with E-state index in [-0.39, 0.29) is 0 Å². The molecule has 0 unspecified atom stereocenters. The highest BCUT2D eigenvalue weighted by Gasteiger charge is 2.32. The molecule has 1 rings (SSSR count). The zero-order valence-corrected chi connectivity index (χ0v) is 12.3. The zero-order valence-electron chi connectivity index (χ0n) is 11.5. The van der Waals surface area contributed by atoms with Crippen LogP contribution in [0.3, 0.4) is 0 Å². The van der Waals surface area contributed by atoms with Gasteiger partial charge in [0.1, 0.15) is 0 Å². The molecular weight excluding hydrogens is 248 g/mol. The van der Waals surface area contributed by atoms with Crippen molar-refractivity contribution in [2.45, 2.75) is 44.2 Å². The van der Waals surface area contributed by atoms with Crippen LogP contribution in [-0.2, 0) is 16.6 Å². The van der Waals surface area contributed by atoms with E-state index in [1.165, 1.54) is 4.31 Å². The summed E-state index contributed by atoms with van der Waals surface area (Å²) >= 11 is 0. The number of rotatable bonds is 5. The minimum atomic E-state index is -3.44. The molecule has 0 radical (unpaired) electrons. The van der Waals surface area contributed by atoms with E-state index in [2.05, 4.69) is 0 Å². The van der Waals surface area contributed by atoms with E-state index in [1.807, 2.05) is 20.8 Å². The fraction of sp³-hybridized carbons (Fsp3) is 0.538. The van der Waals surface area contributed by atoms with Crippen molar-refractivity contribution in [3.05, 3.63) is 29.8 Å². The molecule has 0 saturated carbocycles. The van der Waals surface area contributed by atoms with Crippen LogP contribution >= 0.6 is 0 Å². The molecule has 5 heteroatoms. The Morgan fingerprint density at radius 3 is 2.11 bits per heavy atom. The number of benzene rings is 1. The summed E-state index contributed by atoms with van der Waals surface area (Å²) in [6, 6.07) is 6.72. The lowest BCUT2D eigenvalue weighted by Crippen LogP contribution is -2.44. The van der Waals surface area contributed by atoms with Crippen LogP contribution in [0.15, 0.2) is 29.2 Å². The number of hydrogen-bond donors (Lipinski definition) is 1. The topological polar surface area (TPSA) is 63.4 Å². The molecule has 0 saturated heterocycles. The summed E-state index contributed by atoms with van der Waals surface area (Å²) in [6.45, 7) is 6.22. The van der Waals surface area contributed by atoms with E-state index in [4.69, 9.17) is 5.73 Å². The molecule has 18 heavy (non-hydrogen) atoms. The molecule has 1 aromatic carbocycles. The summed E-state index contributed by atoms with van der Waals surface area (Å²) in [5, 5.41) is 0. The molecule has 1 aromatic rings. The van der Waals surface area contributed by atoms with Crippen LogP contribution in [0.25, 0.3) is 0 Å². The van der Waals surface area contributed by atoms with Gasteiger partial charge in [0.15, 0.2) is 0 Å². The molecule has 4 nitrogen and oxygen atoms in total. The molecule has 0 aliphatic heterocycles. The molecule has 0 aliphatic carbocycles. The van der Waals surface area contributed by atoms with Crippen molar-refractivity contribution in [2.75, 3.05) is 7.05 Å². The van der Waals surface area contributed by atoms with Crippen molar-refractivity contribution in [2.24, 2.45) is 5.73 Å². The van der Waals surface area contributed by atoms with Gasteiger partial charge >= 0.3 is 0 Å². The van der Waals surface area contributed by atoms with Gasteiger partial charge in [-0.05, 0) is 38.0 Å².